The van der Waals surface area contributed by atoms with Gasteiger partial charge in [-0.3, -0.25) is 0 Å². The predicted octanol–water partition coefficient (Wildman–Crippen LogP) is 5.00. The summed E-state index contributed by atoms with van der Waals surface area (Å²) >= 11 is 6.27. The van der Waals surface area contributed by atoms with Crippen LogP contribution < -0.4 is 0 Å². The molecule has 0 atom stereocenters. The number of hydrogen-bond acceptors (Lipinski definition) is 1. The van der Waals surface area contributed by atoms with E-state index in [0.717, 1.165) is 16.5 Å². The summed E-state index contributed by atoms with van der Waals surface area (Å²) in [6, 6.07) is 14.6. The average molecular weight is 272 g/mol. The van der Waals surface area contributed by atoms with Crippen LogP contribution >= 0.6 is 11.6 Å². The van der Waals surface area contributed by atoms with Gasteiger partial charge >= 0.3 is 0 Å². The van der Waals surface area contributed by atoms with Gasteiger partial charge in [0.1, 0.15) is 5.82 Å². The number of aromatic nitrogens is 1. The van der Waals surface area contributed by atoms with Crippen molar-refractivity contribution in [2.24, 2.45) is 0 Å². The summed E-state index contributed by atoms with van der Waals surface area (Å²) in [5.74, 6) is -0.222. The van der Waals surface area contributed by atoms with E-state index in [4.69, 9.17) is 11.6 Å². The molecule has 94 valence electrons. The van der Waals surface area contributed by atoms with Crippen LogP contribution in [0.15, 0.2) is 48.5 Å². The highest BCUT2D eigenvalue weighted by Crippen LogP contribution is 2.30. The first-order valence-electron chi connectivity index (χ1n) is 5.97. The Kier molecular flexibility index (Phi) is 2.96. The number of rotatable bonds is 1. The van der Waals surface area contributed by atoms with Crippen molar-refractivity contribution in [3.8, 4) is 11.3 Å². The summed E-state index contributed by atoms with van der Waals surface area (Å²) in [7, 11) is 0. The van der Waals surface area contributed by atoms with Gasteiger partial charge in [-0.15, -0.1) is 0 Å². The standard InChI is InChI=1S/C16H11ClFN/c1-10-8-12(6-7-14(10)18)16-13(17)9-11-4-2-3-5-15(11)19-16/h2-9H,1H3. The van der Waals surface area contributed by atoms with Gasteiger partial charge in [-0.05, 0) is 42.8 Å². The summed E-state index contributed by atoms with van der Waals surface area (Å²) in [5.41, 5.74) is 2.98. The number of aryl methyl sites for hydroxylation is 1. The van der Waals surface area contributed by atoms with Crippen molar-refractivity contribution in [3.05, 3.63) is 64.9 Å². The molecule has 0 saturated heterocycles. The summed E-state index contributed by atoms with van der Waals surface area (Å²) < 4.78 is 13.3. The number of pyridine rings is 1. The second-order valence-corrected chi connectivity index (χ2v) is 4.88. The zero-order valence-electron chi connectivity index (χ0n) is 10.3. The molecular formula is C16H11ClFN. The molecule has 2 aromatic carbocycles. The van der Waals surface area contributed by atoms with E-state index in [9.17, 15) is 4.39 Å². The Hall–Kier alpha value is -1.93. The SMILES string of the molecule is Cc1cc(-c2nc3ccccc3cc2Cl)ccc1F. The largest absolute Gasteiger partial charge is 0.246 e. The van der Waals surface area contributed by atoms with Crippen molar-refractivity contribution >= 4 is 22.5 Å². The Morgan fingerprint density at radius 2 is 1.84 bits per heavy atom. The van der Waals surface area contributed by atoms with E-state index in [0.29, 0.717) is 16.3 Å². The lowest BCUT2D eigenvalue weighted by Gasteiger charge is -2.07. The Morgan fingerprint density at radius 3 is 2.63 bits per heavy atom. The molecule has 0 aliphatic heterocycles. The third-order valence-corrected chi connectivity index (χ3v) is 3.40. The molecule has 3 aromatic rings. The van der Waals surface area contributed by atoms with E-state index < -0.39 is 0 Å². The van der Waals surface area contributed by atoms with Crippen LogP contribution in [0.25, 0.3) is 22.2 Å². The van der Waals surface area contributed by atoms with E-state index in [1.807, 2.05) is 30.3 Å². The topological polar surface area (TPSA) is 12.9 Å². The van der Waals surface area contributed by atoms with Crippen LogP contribution in [0.2, 0.25) is 5.02 Å². The molecule has 19 heavy (non-hydrogen) atoms. The number of benzene rings is 2. The molecule has 0 fully saturated rings. The van der Waals surface area contributed by atoms with E-state index in [2.05, 4.69) is 4.98 Å². The van der Waals surface area contributed by atoms with Crippen molar-refractivity contribution in [1.82, 2.24) is 4.98 Å². The molecule has 0 spiro atoms. The maximum absolute atomic E-state index is 13.3. The first kappa shape index (κ1) is 12.1. The normalized spacial score (nSPS) is 10.9. The minimum absolute atomic E-state index is 0.222. The van der Waals surface area contributed by atoms with Crippen LogP contribution in [-0.2, 0) is 0 Å². The monoisotopic (exact) mass is 271 g/mol. The fourth-order valence-electron chi connectivity index (χ4n) is 2.08. The van der Waals surface area contributed by atoms with Gasteiger partial charge in [0.25, 0.3) is 0 Å². The van der Waals surface area contributed by atoms with E-state index >= 15 is 0 Å². The zero-order valence-corrected chi connectivity index (χ0v) is 11.1. The van der Waals surface area contributed by atoms with Gasteiger partial charge in [0.15, 0.2) is 0 Å². The maximum atomic E-state index is 13.3. The summed E-state index contributed by atoms with van der Waals surface area (Å²) in [6.07, 6.45) is 0. The van der Waals surface area contributed by atoms with Crippen LogP contribution in [0.1, 0.15) is 5.56 Å². The molecule has 3 rings (SSSR count). The number of nitrogens with zero attached hydrogens (tertiary/aromatic N) is 1. The number of halogens is 2. The van der Waals surface area contributed by atoms with Crippen LogP contribution in [0.3, 0.4) is 0 Å². The van der Waals surface area contributed by atoms with Crippen molar-refractivity contribution in [1.29, 1.82) is 0 Å². The number of hydrogen-bond donors (Lipinski definition) is 0. The van der Waals surface area contributed by atoms with Crippen LogP contribution in [0.4, 0.5) is 4.39 Å². The molecule has 0 N–H and O–H groups in total. The van der Waals surface area contributed by atoms with Crippen LogP contribution in [-0.4, -0.2) is 4.98 Å². The summed E-state index contributed by atoms with van der Waals surface area (Å²) in [5, 5.41) is 1.57. The number of fused-ring (bicyclic) bond motifs is 1. The molecule has 1 aromatic heterocycles. The van der Waals surface area contributed by atoms with E-state index in [-0.39, 0.29) is 5.82 Å². The van der Waals surface area contributed by atoms with Gasteiger partial charge in [0.05, 0.1) is 16.2 Å². The fraction of sp³-hybridized carbons (Fsp3) is 0.0625. The van der Waals surface area contributed by atoms with Gasteiger partial charge in [0, 0.05) is 10.9 Å². The molecule has 1 heterocycles. The van der Waals surface area contributed by atoms with Gasteiger partial charge in [-0.25, -0.2) is 9.37 Å². The average Bonchev–Trinajstić information content (AvgIpc) is 2.41. The van der Waals surface area contributed by atoms with E-state index in [1.165, 1.54) is 6.07 Å². The first-order chi connectivity index (χ1) is 9.15. The quantitative estimate of drug-likeness (QED) is 0.607. The minimum atomic E-state index is -0.222. The highest BCUT2D eigenvalue weighted by Gasteiger charge is 2.09. The lowest BCUT2D eigenvalue weighted by atomic mass is 10.1. The lowest BCUT2D eigenvalue weighted by molar-refractivity contribution is 0.619. The highest BCUT2D eigenvalue weighted by molar-refractivity contribution is 6.33. The highest BCUT2D eigenvalue weighted by atomic mass is 35.5. The molecular weight excluding hydrogens is 261 g/mol. The summed E-state index contributed by atoms with van der Waals surface area (Å²) in [6.45, 7) is 1.73. The Balaban J connectivity index is 2.23. The molecule has 3 heteroatoms. The van der Waals surface area contributed by atoms with Gasteiger partial charge in [-0.2, -0.15) is 0 Å². The Morgan fingerprint density at radius 1 is 1.05 bits per heavy atom. The molecule has 0 aliphatic rings. The summed E-state index contributed by atoms with van der Waals surface area (Å²) in [4.78, 5) is 4.56. The van der Waals surface area contributed by atoms with E-state index in [1.54, 1.807) is 19.1 Å². The molecule has 0 radical (unpaired) electrons. The lowest BCUT2D eigenvalue weighted by Crippen LogP contribution is -1.89. The maximum Gasteiger partial charge on any atom is 0.126 e. The van der Waals surface area contributed by atoms with Crippen molar-refractivity contribution < 1.29 is 4.39 Å². The Bertz CT molecular complexity index is 768. The molecule has 1 nitrogen and oxygen atoms in total. The Labute approximate surface area is 115 Å². The fourth-order valence-corrected chi connectivity index (χ4v) is 2.35. The van der Waals surface area contributed by atoms with Crippen molar-refractivity contribution in [2.45, 2.75) is 6.92 Å². The van der Waals surface area contributed by atoms with Crippen LogP contribution in [0, 0.1) is 12.7 Å². The van der Waals surface area contributed by atoms with Crippen LogP contribution in [0.5, 0.6) is 0 Å². The second kappa shape index (κ2) is 4.63. The third kappa shape index (κ3) is 2.20. The molecule has 0 saturated carbocycles. The van der Waals surface area contributed by atoms with Crippen molar-refractivity contribution in [2.75, 3.05) is 0 Å². The molecule has 0 unspecified atom stereocenters. The molecule has 0 aliphatic carbocycles. The number of para-hydroxylation sites is 1. The predicted molar refractivity (Wildman–Crippen MR) is 76.9 cm³/mol. The minimum Gasteiger partial charge on any atom is -0.246 e. The van der Waals surface area contributed by atoms with Gasteiger partial charge in [-0.1, -0.05) is 29.8 Å². The zero-order chi connectivity index (χ0) is 13.4. The van der Waals surface area contributed by atoms with Gasteiger partial charge in [0.2, 0.25) is 0 Å². The third-order valence-electron chi connectivity index (χ3n) is 3.11. The van der Waals surface area contributed by atoms with Crippen molar-refractivity contribution in [3.63, 3.8) is 0 Å². The molecule has 0 bridgehead atoms. The first-order valence-corrected chi connectivity index (χ1v) is 6.35. The second-order valence-electron chi connectivity index (χ2n) is 4.48. The van der Waals surface area contributed by atoms with Gasteiger partial charge < -0.3 is 0 Å². The molecule has 0 amide bonds. The smallest absolute Gasteiger partial charge is 0.126 e.